The number of aromatic nitrogens is 1. The summed E-state index contributed by atoms with van der Waals surface area (Å²) in [6.45, 7) is 7.20. The molecule has 22 heavy (non-hydrogen) atoms. The van der Waals surface area contributed by atoms with Gasteiger partial charge in [0.05, 0.1) is 6.54 Å². The minimum Gasteiger partial charge on any atom is -0.354 e. The highest BCUT2D eigenvalue weighted by Crippen LogP contribution is 2.12. The van der Waals surface area contributed by atoms with Crippen LogP contribution in [0.25, 0.3) is 0 Å². The molecular formula is C15H21N5O2. The Balaban J connectivity index is 1.72. The number of hydrogen-bond donors (Lipinski definition) is 2. The van der Waals surface area contributed by atoms with Crippen molar-refractivity contribution in [3.63, 3.8) is 0 Å². The Bertz CT molecular complexity index is 512. The number of anilines is 1. The number of carbonyl (C=O) groups excluding carboxylic acids is 2. The van der Waals surface area contributed by atoms with Crippen molar-refractivity contribution >= 4 is 17.8 Å². The van der Waals surface area contributed by atoms with E-state index in [0.29, 0.717) is 6.54 Å². The predicted octanol–water partition coefficient (Wildman–Crippen LogP) is 0.215. The first-order chi connectivity index (χ1) is 10.7. The van der Waals surface area contributed by atoms with Gasteiger partial charge in [-0.05, 0) is 12.1 Å². The monoisotopic (exact) mass is 303 g/mol. The van der Waals surface area contributed by atoms with Crippen LogP contribution in [0.4, 0.5) is 10.6 Å². The molecule has 0 aliphatic carbocycles. The van der Waals surface area contributed by atoms with Crippen LogP contribution in [-0.2, 0) is 4.79 Å². The zero-order valence-electron chi connectivity index (χ0n) is 12.5. The summed E-state index contributed by atoms with van der Waals surface area (Å²) in [5.41, 5.74) is 0. The fourth-order valence-corrected chi connectivity index (χ4v) is 2.25. The Kier molecular flexibility index (Phi) is 5.91. The highest BCUT2D eigenvalue weighted by molar-refractivity contribution is 5.95. The van der Waals surface area contributed by atoms with E-state index in [9.17, 15) is 9.59 Å². The first-order valence-corrected chi connectivity index (χ1v) is 7.26. The van der Waals surface area contributed by atoms with Crippen LogP contribution in [0.1, 0.15) is 0 Å². The Hall–Kier alpha value is -2.41. The Labute approximate surface area is 130 Å². The average Bonchev–Trinajstić information content (AvgIpc) is 2.54. The molecule has 0 aromatic carbocycles. The van der Waals surface area contributed by atoms with Crippen molar-refractivity contribution in [2.45, 2.75) is 0 Å². The minimum atomic E-state index is -0.489. The van der Waals surface area contributed by atoms with Gasteiger partial charge in [-0.2, -0.15) is 0 Å². The van der Waals surface area contributed by atoms with Crippen molar-refractivity contribution in [1.29, 1.82) is 0 Å². The number of pyridine rings is 1. The van der Waals surface area contributed by atoms with Gasteiger partial charge >= 0.3 is 6.03 Å². The first-order valence-electron chi connectivity index (χ1n) is 7.26. The molecule has 7 heteroatoms. The summed E-state index contributed by atoms with van der Waals surface area (Å²) in [4.78, 5) is 31.7. The molecule has 3 amide bonds. The molecule has 0 radical (unpaired) electrons. The van der Waals surface area contributed by atoms with Crippen molar-refractivity contribution in [3.05, 3.63) is 37.1 Å². The van der Waals surface area contributed by atoms with E-state index in [0.717, 1.165) is 32.0 Å². The molecule has 1 fully saturated rings. The summed E-state index contributed by atoms with van der Waals surface area (Å²) in [6.07, 6.45) is 3.33. The Morgan fingerprint density at radius 3 is 2.68 bits per heavy atom. The maximum atomic E-state index is 11.8. The van der Waals surface area contributed by atoms with Gasteiger partial charge in [0.2, 0.25) is 5.91 Å². The molecule has 2 rings (SSSR count). The number of amides is 3. The number of rotatable bonds is 5. The number of nitrogens with one attached hydrogen (secondary N) is 2. The van der Waals surface area contributed by atoms with Gasteiger partial charge in [0.15, 0.2) is 0 Å². The quantitative estimate of drug-likeness (QED) is 0.761. The van der Waals surface area contributed by atoms with Crippen LogP contribution in [-0.4, -0.2) is 61.1 Å². The van der Waals surface area contributed by atoms with E-state index >= 15 is 0 Å². The zero-order chi connectivity index (χ0) is 15.8. The van der Waals surface area contributed by atoms with Crippen LogP contribution in [0.15, 0.2) is 37.1 Å². The van der Waals surface area contributed by atoms with E-state index in [1.807, 2.05) is 23.1 Å². The maximum absolute atomic E-state index is 11.8. The molecule has 0 atom stereocenters. The Morgan fingerprint density at radius 1 is 1.27 bits per heavy atom. The van der Waals surface area contributed by atoms with E-state index in [2.05, 4.69) is 27.1 Å². The van der Waals surface area contributed by atoms with E-state index in [1.165, 1.54) is 0 Å². The molecule has 1 aromatic rings. The van der Waals surface area contributed by atoms with Gasteiger partial charge < -0.3 is 10.2 Å². The molecular weight excluding hydrogens is 282 g/mol. The lowest BCUT2D eigenvalue weighted by Gasteiger charge is -2.34. The van der Waals surface area contributed by atoms with Gasteiger partial charge in [0, 0.05) is 38.9 Å². The fourth-order valence-electron chi connectivity index (χ4n) is 2.25. The highest BCUT2D eigenvalue weighted by atomic mass is 16.2. The molecule has 2 heterocycles. The number of carbonyl (C=O) groups is 2. The van der Waals surface area contributed by atoms with E-state index in [1.54, 1.807) is 12.3 Å². The lowest BCUT2D eigenvalue weighted by Crippen LogP contribution is -2.51. The van der Waals surface area contributed by atoms with Crippen molar-refractivity contribution in [3.8, 4) is 0 Å². The minimum absolute atomic E-state index is 0.220. The van der Waals surface area contributed by atoms with E-state index in [-0.39, 0.29) is 12.5 Å². The second-order valence-corrected chi connectivity index (χ2v) is 5.00. The second-order valence-electron chi connectivity index (χ2n) is 5.00. The second kappa shape index (κ2) is 8.14. The first kappa shape index (κ1) is 16.0. The topological polar surface area (TPSA) is 77.6 Å². The summed E-state index contributed by atoms with van der Waals surface area (Å²) in [6, 6.07) is 5.34. The molecule has 1 aromatic heterocycles. The van der Waals surface area contributed by atoms with E-state index < -0.39 is 6.03 Å². The van der Waals surface area contributed by atoms with Gasteiger partial charge in [0.25, 0.3) is 0 Å². The number of nitrogens with zero attached hydrogens (tertiary/aromatic N) is 3. The summed E-state index contributed by atoms with van der Waals surface area (Å²) in [7, 11) is 0. The van der Waals surface area contributed by atoms with Crippen molar-refractivity contribution in [2.24, 2.45) is 0 Å². The lowest BCUT2D eigenvalue weighted by molar-refractivity contribution is -0.121. The van der Waals surface area contributed by atoms with Gasteiger partial charge in [0.1, 0.15) is 5.82 Å². The normalized spacial score (nSPS) is 15.2. The molecule has 0 spiro atoms. The number of hydrogen-bond acceptors (Lipinski definition) is 5. The number of piperazine rings is 1. The fraction of sp³-hybridized carbons (Fsp3) is 0.400. The summed E-state index contributed by atoms with van der Waals surface area (Å²) in [5, 5.41) is 4.81. The molecule has 0 saturated carbocycles. The average molecular weight is 303 g/mol. The lowest BCUT2D eigenvalue weighted by atomic mass is 10.3. The van der Waals surface area contributed by atoms with Crippen LogP contribution in [0.2, 0.25) is 0 Å². The summed E-state index contributed by atoms with van der Waals surface area (Å²) < 4.78 is 0. The summed E-state index contributed by atoms with van der Waals surface area (Å²) >= 11 is 0. The smallest absolute Gasteiger partial charge is 0.321 e. The van der Waals surface area contributed by atoms with E-state index in [4.69, 9.17) is 0 Å². The van der Waals surface area contributed by atoms with Crippen LogP contribution < -0.4 is 15.5 Å². The van der Waals surface area contributed by atoms with Gasteiger partial charge in [-0.1, -0.05) is 12.1 Å². The van der Waals surface area contributed by atoms with Crippen molar-refractivity contribution in [2.75, 3.05) is 44.2 Å². The SMILES string of the molecule is C=CCNC(=O)NC(=O)CN1CCN(c2ccccn2)CC1. The molecule has 2 N–H and O–H groups in total. The van der Waals surface area contributed by atoms with Crippen LogP contribution in [0.3, 0.4) is 0 Å². The van der Waals surface area contributed by atoms with Crippen LogP contribution >= 0.6 is 0 Å². The van der Waals surface area contributed by atoms with Crippen molar-refractivity contribution < 1.29 is 9.59 Å². The molecule has 1 aliphatic rings. The standard InChI is InChI=1S/C15H21N5O2/c1-2-6-17-15(22)18-14(21)12-19-8-10-20(11-9-19)13-5-3-4-7-16-13/h2-5,7H,1,6,8-12H2,(H2,17,18,21,22). The van der Waals surface area contributed by atoms with Crippen LogP contribution in [0.5, 0.6) is 0 Å². The largest absolute Gasteiger partial charge is 0.354 e. The molecule has 0 bridgehead atoms. The van der Waals surface area contributed by atoms with Crippen molar-refractivity contribution in [1.82, 2.24) is 20.5 Å². The van der Waals surface area contributed by atoms with Gasteiger partial charge in [-0.3, -0.25) is 15.0 Å². The molecule has 1 saturated heterocycles. The molecule has 7 nitrogen and oxygen atoms in total. The third kappa shape index (κ3) is 4.85. The molecule has 0 unspecified atom stereocenters. The highest BCUT2D eigenvalue weighted by Gasteiger charge is 2.20. The Morgan fingerprint density at radius 2 is 2.05 bits per heavy atom. The maximum Gasteiger partial charge on any atom is 0.321 e. The third-order valence-electron chi connectivity index (χ3n) is 3.37. The molecule has 1 aliphatic heterocycles. The summed E-state index contributed by atoms with van der Waals surface area (Å²) in [5.74, 6) is 0.656. The van der Waals surface area contributed by atoms with Gasteiger partial charge in [-0.25, -0.2) is 9.78 Å². The number of urea groups is 1. The molecule has 118 valence electrons. The zero-order valence-corrected chi connectivity index (χ0v) is 12.5. The van der Waals surface area contributed by atoms with Crippen LogP contribution in [0, 0.1) is 0 Å². The predicted molar refractivity (Wildman–Crippen MR) is 84.6 cm³/mol. The van der Waals surface area contributed by atoms with Gasteiger partial charge in [-0.15, -0.1) is 6.58 Å². The third-order valence-corrected chi connectivity index (χ3v) is 3.37. The number of imide groups is 1.